The summed E-state index contributed by atoms with van der Waals surface area (Å²) in [4.78, 5) is 85.1. The second-order valence-corrected chi connectivity index (χ2v) is 35.3. The van der Waals surface area contributed by atoms with Gasteiger partial charge in [0.25, 0.3) is 17.7 Å². The third-order valence-electron chi connectivity index (χ3n) is 23.7. The van der Waals surface area contributed by atoms with Gasteiger partial charge in [-0.25, -0.2) is 9.37 Å². The van der Waals surface area contributed by atoms with Gasteiger partial charge in [-0.05, 0) is 250 Å². The van der Waals surface area contributed by atoms with Gasteiger partial charge in [0.2, 0.25) is 17.3 Å². The summed E-state index contributed by atoms with van der Waals surface area (Å²) in [6.45, 7) is 20.4. The first-order valence-corrected chi connectivity index (χ1v) is 43.3. The van der Waals surface area contributed by atoms with Crippen LogP contribution in [-0.4, -0.2) is 90.7 Å². The van der Waals surface area contributed by atoms with Crippen molar-refractivity contribution in [1.29, 1.82) is 0 Å². The Balaban J connectivity index is 0.000000163. The normalized spacial score (nSPS) is 12.5. The molecule has 0 spiro atoms. The number of methoxy groups -OCH3 is 1. The lowest BCUT2D eigenvalue weighted by molar-refractivity contribution is -0.154. The Morgan fingerprint density at radius 2 is 0.846 bits per heavy atom. The van der Waals surface area contributed by atoms with Gasteiger partial charge >= 0.3 is 24.5 Å². The number of aliphatic hydroxyl groups excluding tert-OH is 2. The summed E-state index contributed by atoms with van der Waals surface area (Å²) >= 11 is 13.4. The van der Waals surface area contributed by atoms with E-state index in [-0.39, 0.29) is 113 Å². The number of benzene rings is 6. The second-order valence-electron chi connectivity index (χ2n) is 34.4. The Bertz CT molecular complexity index is 7100. The zero-order valence-corrected chi connectivity index (χ0v) is 76.3. The van der Waals surface area contributed by atoms with Crippen molar-refractivity contribution in [3.63, 3.8) is 0 Å². The van der Waals surface area contributed by atoms with Crippen molar-refractivity contribution in [3.05, 3.63) is 373 Å². The van der Waals surface area contributed by atoms with Gasteiger partial charge < -0.3 is 48.0 Å². The molecule has 1 aliphatic carbocycles. The molecule has 15 aromatic rings. The number of furan rings is 3. The maximum Gasteiger partial charge on any atom is 0.449 e. The van der Waals surface area contributed by atoms with Gasteiger partial charge in [0, 0.05) is 76.4 Å². The lowest BCUT2D eigenvalue weighted by Crippen LogP contribution is -2.31. The number of aliphatic carboxylic acids is 1. The molecule has 0 saturated heterocycles. The van der Waals surface area contributed by atoms with E-state index in [9.17, 15) is 78.4 Å². The van der Waals surface area contributed by atoms with Crippen molar-refractivity contribution >= 4 is 80.0 Å². The molecule has 700 valence electrons. The number of fused-ring (bicyclic) bond motifs is 3. The Kier molecular flexibility index (Phi) is 28.1. The molecule has 1 fully saturated rings. The Labute approximate surface area is 784 Å². The van der Waals surface area contributed by atoms with Crippen LogP contribution >= 0.6 is 23.2 Å². The van der Waals surface area contributed by atoms with Crippen LogP contribution < -0.4 is 4.74 Å². The molecular weight excluding hydrogens is 1810 g/mol. The van der Waals surface area contributed by atoms with Crippen molar-refractivity contribution in [1.82, 2.24) is 44.6 Å². The molecular formula is C104H89Cl2F10N9O11. The number of aliphatic hydroxyl groups is 2. The van der Waals surface area contributed by atoms with Gasteiger partial charge in [-0.3, -0.25) is 44.1 Å². The van der Waals surface area contributed by atoms with E-state index in [2.05, 4.69) is 38.1 Å². The van der Waals surface area contributed by atoms with E-state index in [1.54, 1.807) is 98.9 Å². The van der Waals surface area contributed by atoms with Crippen molar-refractivity contribution in [3.8, 4) is 39.1 Å². The number of hydrogen-bond donors (Lipinski definition) is 3. The number of carbonyl (C=O) groups excluding carboxylic acids is 3. The molecule has 32 heteroatoms. The maximum absolute atomic E-state index is 14.6. The van der Waals surface area contributed by atoms with Crippen molar-refractivity contribution < 1.29 is 96.4 Å². The van der Waals surface area contributed by atoms with Gasteiger partial charge in [0.1, 0.15) is 45.2 Å². The summed E-state index contributed by atoms with van der Waals surface area (Å²) in [5.41, 5.74) is 10.6. The van der Waals surface area contributed by atoms with Gasteiger partial charge in [0.05, 0.1) is 77.0 Å². The maximum atomic E-state index is 14.6. The first-order valence-electron chi connectivity index (χ1n) is 42.6. The average Bonchev–Trinajstić information content (AvgIpc) is 1.38. The molecule has 20 nitrogen and oxygen atoms in total. The van der Waals surface area contributed by atoms with E-state index in [1.807, 2.05) is 113 Å². The lowest BCUT2D eigenvalue weighted by atomic mass is 9.82. The van der Waals surface area contributed by atoms with E-state index in [0.717, 1.165) is 87.8 Å². The summed E-state index contributed by atoms with van der Waals surface area (Å²) in [6.07, 6.45) is -7.43. The molecule has 0 aliphatic heterocycles. The minimum atomic E-state index is -4.70. The van der Waals surface area contributed by atoms with Gasteiger partial charge in [0.15, 0.2) is 5.75 Å². The topological polar surface area (TPSA) is 265 Å². The number of halogens is 12. The Morgan fingerprint density at radius 3 is 1.29 bits per heavy atom. The number of carbonyl (C=O) groups is 4. The van der Waals surface area contributed by atoms with Crippen LogP contribution in [0.15, 0.2) is 269 Å². The fraction of sp³-hybridized carbons (Fsp3) is 0.231. The third-order valence-corrected chi connectivity index (χ3v) is 24.4. The Hall–Kier alpha value is -14.5. The quantitative estimate of drug-likeness (QED) is 0.0336. The standard InChI is InChI=1S/C36H32F3N3O3.C35H31ClF3N3O4.C33H26ClF4N3O4/c1-22(43)35(2,3)27-7-4-6-26(18-27)24-11-9-23(10-12-24)20-42(21-28-15-16-32(45-28)36(37,38)39)34(44)29-19-31(25-13-14-25)41-30-8-5-17-40-33(29)30;1-20-32(45-5)30(31-28(41-20)10-7-15-40-31)33(44)42(19-26-13-14-29(46-26)35(37,38)39)18-24-12-11-23(17-27(24)36)22-8-6-9-25(16-22)34(3,4)21(2)43;1-18-11-25(29-27(40-18)5-4-10-39-29)30(42)41(17-24-8-9-28(45-24)33(36,37)38)16-20-7-6-19(14-26(20)34)21-12-22(15-23(35)13-21)32(2,3)31(43)44/h4-12,15-19,25,43H,1,13-14,20-21H2,2-3H3;6-17,43H,2,18-19H2,1,3-5H3;4-15H,16-17H2,1-3H3,(H,43,44). The molecule has 1 saturated carbocycles. The molecule has 0 unspecified atom stereocenters. The van der Waals surface area contributed by atoms with E-state index < -0.39 is 75.7 Å². The molecule has 0 bridgehead atoms. The van der Waals surface area contributed by atoms with Crippen LogP contribution in [0.1, 0.15) is 176 Å². The molecule has 136 heavy (non-hydrogen) atoms. The number of carboxylic acids is 1. The number of hydrogen-bond acceptors (Lipinski definition) is 16. The number of rotatable bonds is 26. The molecule has 0 atom stereocenters. The van der Waals surface area contributed by atoms with Gasteiger partial charge in [-0.1, -0.05) is 133 Å². The number of allylic oxidation sites excluding steroid dienone is 2. The number of pyridine rings is 6. The highest BCUT2D eigenvalue weighted by Crippen LogP contribution is 2.44. The number of ether oxygens (including phenoxy) is 1. The van der Waals surface area contributed by atoms with Crippen molar-refractivity contribution in [2.24, 2.45) is 0 Å². The fourth-order valence-electron chi connectivity index (χ4n) is 15.2. The van der Waals surface area contributed by atoms with Crippen molar-refractivity contribution in [2.75, 3.05) is 7.11 Å². The van der Waals surface area contributed by atoms with E-state index in [1.165, 1.54) is 66.2 Å². The molecule has 3 amide bonds. The zero-order chi connectivity index (χ0) is 98.0. The van der Waals surface area contributed by atoms with Crippen LogP contribution in [0.5, 0.6) is 5.75 Å². The third kappa shape index (κ3) is 21.9. The largest absolute Gasteiger partial charge is 0.512 e. The van der Waals surface area contributed by atoms with Crippen LogP contribution in [0.4, 0.5) is 43.9 Å². The minimum absolute atomic E-state index is 0.0194. The number of amides is 3. The number of nitrogens with zero attached hydrogens (tertiary/aromatic N) is 9. The monoisotopic (exact) mass is 1900 g/mol. The smallest absolute Gasteiger partial charge is 0.449 e. The van der Waals surface area contributed by atoms with Crippen LogP contribution in [0, 0.1) is 19.7 Å². The first kappa shape index (κ1) is 97.5. The highest BCUT2D eigenvalue weighted by molar-refractivity contribution is 6.32. The molecule has 0 radical (unpaired) electrons. The SMILES string of the molecule is C=C(O)C(C)(C)c1cccc(-c2ccc(CN(Cc3ccc(C(F)(F)F)o3)C(=O)c3c(OC)c(C)nc4cccnc34)c(Cl)c2)c1.C=C(O)C(C)(C)c1cccc(-c2ccc(CN(Cc3ccc(C(F)(F)F)o3)C(=O)c3cc(C4CC4)nc4cccnc34)cc2)c1.Cc1cc(C(=O)N(Cc2ccc(C(F)(F)F)o2)Cc2ccc(-c3cc(F)cc(C(C)(C)C(=O)O)c3)cc2Cl)c2ncccc2n1. The van der Waals surface area contributed by atoms with Crippen LogP contribution in [0.25, 0.3) is 66.5 Å². The van der Waals surface area contributed by atoms with Gasteiger partial charge in [-0.2, -0.15) is 39.5 Å². The van der Waals surface area contributed by atoms with E-state index in [4.69, 9.17) is 46.2 Å². The highest BCUT2D eigenvalue weighted by Gasteiger charge is 2.40. The fourth-order valence-corrected chi connectivity index (χ4v) is 15.7. The van der Waals surface area contributed by atoms with E-state index >= 15 is 0 Å². The molecule has 16 rings (SSSR count). The highest BCUT2D eigenvalue weighted by atomic mass is 35.5. The predicted molar refractivity (Wildman–Crippen MR) is 494 cm³/mol. The summed E-state index contributed by atoms with van der Waals surface area (Å²) in [7, 11) is 1.41. The zero-order valence-electron chi connectivity index (χ0n) is 74.8. The molecule has 3 N–H and O–H groups in total. The van der Waals surface area contributed by atoms with Crippen molar-refractivity contribution in [2.45, 2.75) is 148 Å². The lowest BCUT2D eigenvalue weighted by Gasteiger charge is -2.25. The summed E-state index contributed by atoms with van der Waals surface area (Å²) < 4.78 is 155. The second kappa shape index (κ2) is 39.2. The molecule has 9 heterocycles. The summed E-state index contributed by atoms with van der Waals surface area (Å²) in [6, 6.07) is 57.0. The van der Waals surface area contributed by atoms with Crippen LogP contribution in [0.3, 0.4) is 0 Å². The number of aryl methyl sites for hydroxylation is 2. The molecule has 1 aliphatic rings. The van der Waals surface area contributed by atoms with Crippen LogP contribution in [-0.2, 0) is 78.8 Å². The van der Waals surface area contributed by atoms with E-state index in [0.29, 0.717) is 71.8 Å². The number of aromatic nitrogens is 6. The first-order chi connectivity index (χ1) is 64.2. The molecule has 9 aromatic heterocycles. The average molecular weight is 1900 g/mol. The number of alkyl halides is 9. The molecule has 6 aromatic carbocycles. The minimum Gasteiger partial charge on any atom is -0.512 e. The number of carboxylic acid groups (broad SMARTS) is 1. The summed E-state index contributed by atoms with van der Waals surface area (Å²) in [5, 5.41) is 30.4. The predicted octanol–water partition coefficient (Wildman–Crippen LogP) is 26.3. The summed E-state index contributed by atoms with van der Waals surface area (Å²) in [5.74, 6) is -6.27. The van der Waals surface area contributed by atoms with Gasteiger partial charge in [-0.15, -0.1) is 0 Å². The Morgan fingerprint density at radius 1 is 0.434 bits per heavy atom. The van der Waals surface area contributed by atoms with Crippen LogP contribution in [0.2, 0.25) is 10.0 Å².